The fourth-order valence-electron chi connectivity index (χ4n) is 13.0. The lowest BCUT2D eigenvalue weighted by Gasteiger charge is -2.46. The van der Waals surface area contributed by atoms with Crippen molar-refractivity contribution in [3.05, 3.63) is 254 Å². The van der Waals surface area contributed by atoms with Crippen molar-refractivity contribution in [3.63, 3.8) is 0 Å². The number of nitrogens with zero attached hydrogens (tertiary/aromatic N) is 2. The van der Waals surface area contributed by atoms with Gasteiger partial charge in [-0.1, -0.05) is 227 Å². The van der Waals surface area contributed by atoms with E-state index in [2.05, 4.69) is 266 Å². The quantitative estimate of drug-likeness (QED) is 0.0926. The third kappa shape index (κ3) is 7.20. The predicted molar refractivity (Wildman–Crippen MR) is 325 cm³/mol. The zero-order valence-electron chi connectivity index (χ0n) is 42.7. The molecule has 0 spiro atoms. The van der Waals surface area contributed by atoms with Crippen molar-refractivity contribution in [1.29, 1.82) is 0 Å². The summed E-state index contributed by atoms with van der Waals surface area (Å²) in [5.41, 5.74) is 12.5. The summed E-state index contributed by atoms with van der Waals surface area (Å²) in [6.45, 7) is 4.58. The van der Waals surface area contributed by atoms with Crippen molar-refractivity contribution in [1.82, 2.24) is 4.57 Å². The maximum atomic E-state index is 2.60. The first-order chi connectivity index (χ1) is 37.1. The summed E-state index contributed by atoms with van der Waals surface area (Å²) in [7, 11) is -3.10. The Balaban J connectivity index is 1.04. The highest BCUT2D eigenvalue weighted by Crippen LogP contribution is 2.44. The Morgan fingerprint density at radius 1 is 0.347 bits per heavy atom. The maximum absolute atomic E-state index is 3.10. The molecule has 2 heterocycles. The average molecular weight is 979 g/mol. The van der Waals surface area contributed by atoms with Crippen molar-refractivity contribution in [2.75, 3.05) is 4.90 Å². The number of benzene rings is 12. The summed E-state index contributed by atoms with van der Waals surface area (Å²) in [6, 6.07) is 93.3. The normalized spacial score (nSPS) is 13.1. The molecule has 0 aliphatic carbocycles. The van der Waals surface area contributed by atoms with Gasteiger partial charge in [0.1, 0.15) is 0 Å². The van der Waals surface area contributed by atoms with Gasteiger partial charge < -0.3 is 9.47 Å². The van der Waals surface area contributed by atoms with Gasteiger partial charge >= 0.3 is 0 Å². The molecule has 1 aromatic heterocycles. The van der Waals surface area contributed by atoms with Gasteiger partial charge in [0.05, 0.1) is 16.7 Å². The Kier molecular flexibility index (Phi) is 11.1. The lowest BCUT2D eigenvalue weighted by Crippen LogP contribution is -2.77. The lowest BCUT2D eigenvalue weighted by molar-refractivity contribution is 0.795. The second-order valence-corrected chi connectivity index (χ2v) is 24.6. The second-order valence-electron chi connectivity index (χ2n) is 20.8. The summed E-state index contributed by atoms with van der Waals surface area (Å²) in [5, 5.41) is 18.4. The molecular weight excluding hydrogens is 921 g/mol. The van der Waals surface area contributed by atoms with E-state index in [-0.39, 0.29) is 0 Å². The Hall–Kier alpha value is -8.50. The van der Waals surface area contributed by atoms with Gasteiger partial charge in [0.25, 0.3) is 0 Å². The summed E-state index contributed by atoms with van der Waals surface area (Å²) in [6.07, 6.45) is 6.92. The van der Waals surface area contributed by atoms with Gasteiger partial charge in [-0.2, -0.15) is 0 Å². The molecule has 1 aliphatic rings. The molecule has 14 rings (SSSR count). The van der Waals surface area contributed by atoms with Gasteiger partial charge in [0, 0.05) is 33.2 Å². The highest BCUT2D eigenvalue weighted by atomic mass is 28.3. The van der Waals surface area contributed by atoms with Crippen LogP contribution in [-0.4, -0.2) is 12.6 Å². The van der Waals surface area contributed by atoms with Crippen LogP contribution in [0.3, 0.4) is 0 Å². The molecule has 75 heavy (non-hydrogen) atoms. The number of fused-ring (bicyclic) bond motifs is 13. The van der Waals surface area contributed by atoms with Crippen LogP contribution >= 0.6 is 0 Å². The maximum Gasteiger partial charge on any atom is 0.184 e. The Morgan fingerprint density at radius 3 is 1.52 bits per heavy atom. The number of aromatic nitrogens is 1. The Bertz CT molecular complexity index is 4230. The van der Waals surface area contributed by atoms with Crippen LogP contribution in [0.15, 0.2) is 243 Å². The third-order valence-electron chi connectivity index (χ3n) is 16.6. The van der Waals surface area contributed by atoms with E-state index in [1.165, 1.54) is 151 Å². The molecule has 0 amide bonds. The molecule has 0 unspecified atom stereocenters. The van der Waals surface area contributed by atoms with E-state index in [4.69, 9.17) is 0 Å². The largest absolute Gasteiger partial charge is 0.310 e. The molecule has 13 aromatic rings. The van der Waals surface area contributed by atoms with Gasteiger partial charge in [-0.15, -0.1) is 0 Å². The zero-order chi connectivity index (χ0) is 50.0. The van der Waals surface area contributed by atoms with Gasteiger partial charge in [-0.3, -0.25) is 0 Å². The highest BCUT2D eigenvalue weighted by molar-refractivity contribution is 7.21. The number of para-hydroxylation sites is 2. The average Bonchev–Trinajstić information content (AvgIpc) is 3.88. The first kappa shape index (κ1) is 45.1. The van der Waals surface area contributed by atoms with Crippen LogP contribution in [0.25, 0.3) is 81.7 Å². The molecule has 0 saturated heterocycles. The van der Waals surface area contributed by atoms with E-state index >= 15 is 0 Å². The Labute approximate surface area is 440 Å². The lowest BCUT2D eigenvalue weighted by atomic mass is 9.94. The SMILES string of the molecule is CCCCc1ccc([Si]2(c3ccc(CCCC)cc3)c3cc(-c4ccc5c6ccccc6n(-c6ccc7c8ccccc8c8ccccc8c7c6)c5c4)ccc3N(c3ccccc3)c3c2ccc2ccccc32)cc1. The first-order valence-corrected chi connectivity index (χ1v) is 29.2. The summed E-state index contributed by atoms with van der Waals surface area (Å²) >= 11 is 0. The van der Waals surface area contributed by atoms with Crippen molar-refractivity contribution < 1.29 is 0 Å². The summed E-state index contributed by atoms with van der Waals surface area (Å²) in [4.78, 5) is 2.58. The zero-order valence-corrected chi connectivity index (χ0v) is 43.7. The number of rotatable bonds is 11. The minimum Gasteiger partial charge on any atom is -0.310 e. The van der Waals surface area contributed by atoms with E-state index in [0.717, 1.165) is 18.5 Å². The van der Waals surface area contributed by atoms with Crippen LogP contribution in [0.1, 0.15) is 50.7 Å². The third-order valence-corrected chi connectivity index (χ3v) is 21.4. The van der Waals surface area contributed by atoms with Crippen LogP contribution in [0.2, 0.25) is 0 Å². The van der Waals surface area contributed by atoms with Gasteiger partial charge in [0.2, 0.25) is 0 Å². The van der Waals surface area contributed by atoms with Crippen LogP contribution < -0.4 is 25.6 Å². The van der Waals surface area contributed by atoms with Gasteiger partial charge in [-0.25, -0.2) is 0 Å². The van der Waals surface area contributed by atoms with Crippen LogP contribution in [0.5, 0.6) is 0 Å². The van der Waals surface area contributed by atoms with Gasteiger partial charge in [-0.05, 0) is 149 Å². The van der Waals surface area contributed by atoms with E-state index in [9.17, 15) is 0 Å². The predicted octanol–water partition coefficient (Wildman–Crippen LogP) is 16.9. The van der Waals surface area contributed by atoms with Crippen molar-refractivity contribution in [2.45, 2.75) is 52.4 Å². The minimum absolute atomic E-state index is 1.09. The standard InChI is InChI=1S/C72H58N2Si/c1-3-5-18-49-30-38-56(39-31-49)75(57-40-32-50(33-41-57)19-6-4-2)70-45-36-51-20-10-11-23-58(51)72(70)74(54-21-8-7-9-22-54)68-44-35-53(47-71(68)75)52-34-42-65-64-28-16-17-29-67(64)73(69(65)46-52)55-37-43-63-61-26-13-12-24-59(61)60-25-14-15-27-62(60)66(63)48-55/h7-17,20-48H,3-6,18-19H2,1-2H3. The van der Waals surface area contributed by atoms with Gasteiger partial charge in [0.15, 0.2) is 8.07 Å². The molecule has 0 atom stereocenters. The molecule has 12 aromatic carbocycles. The molecular formula is C72H58N2Si. The molecule has 360 valence electrons. The monoisotopic (exact) mass is 978 g/mol. The number of aryl methyl sites for hydroxylation is 2. The van der Waals surface area contributed by atoms with Crippen LogP contribution in [0.4, 0.5) is 17.1 Å². The minimum atomic E-state index is -3.10. The Morgan fingerprint density at radius 2 is 0.867 bits per heavy atom. The molecule has 3 heteroatoms. The smallest absolute Gasteiger partial charge is 0.184 e. The molecule has 0 saturated carbocycles. The van der Waals surface area contributed by atoms with Crippen molar-refractivity contribution >= 4 is 111 Å². The molecule has 0 fully saturated rings. The van der Waals surface area contributed by atoms with Crippen LogP contribution in [0, 0.1) is 0 Å². The number of unbranched alkanes of at least 4 members (excludes halogenated alkanes) is 2. The van der Waals surface area contributed by atoms with Crippen molar-refractivity contribution in [2.24, 2.45) is 0 Å². The topological polar surface area (TPSA) is 8.17 Å². The fraction of sp³-hybridized carbons (Fsp3) is 0.111. The number of hydrogen-bond acceptors (Lipinski definition) is 1. The molecule has 2 nitrogen and oxygen atoms in total. The molecule has 1 aliphatic heterocycles. The van der Waals surface area contributed by atoms with E-state index in [0.29, 0.717) is 0 Å². The first-order valence-electron chi connectivity index (χ1n) is 27.2. The van der Waals surface area contributed by atoms with Crippen molar-refractivity contribution in [3.8, 4) is 16.8 Å². The van der Waals surface area contributed by atoms with E-state index < -0.39 is 8.07 Å². The molecule has 0 bridgehead atoms. The summed E-state index contributed by atoms with van der Waals surface area (Å²) in [5.74, 6) is 0. The summed E-state index contributed by atoms with van der Waals surface area (Å²) < 4.78 is 2.51. The molecule has 0 N–H and O–H groups in total. The highest BCUT2D eigenvalue weighted by Gasteiger charge is 2.49. The van der Waals surface area contributed by atoms with E-state index in [1.54, 1.807) is 0 Å². The molecule has 0 radical (unpaired) electrons. The number of anilines is 3. The fourth-order valence-corrected chi connectivity index (χ4v) is 18.1. The van der Waals surface area contributed by atoms with E-state index in [1.807, 2.05) is 0 Å². The number of hydrogen-bond donors (Lipinski definition) is 0. The second kappa shape index (κ2) is 18.5. The van der Waals surface area contributed by atoms with Crippen LogP contribution in [-0.2, 0) is 12.8 Å².